The Labute approximate surface area is 62.5 Å². The molecule has 0 saturated carbocycles. The maximum absolute atomic E-state index is 5.51. The predicted octanol–water partition coefficient (Wildman–Crippen LogP) is 1.75. The Hall–Kier alpha value is -0.0800. The van der Waals surface area contributed by atoms with Gasteiger partial charge in [-0.3, -0.25) is 0 Å². The number of rotatable bonds is 4. The number of ether oxygens (including phenoxy) is 2. The summed E-state index contributed by atoms with van der Waals surface area (Å²) in [5.74, 6) is 0. The normalized spacial score (nSPS) is 22.2. The van der Waals surface area contributed by atoms with Gasteiger partial charge in [0.2, 0.25) is 0 Å². The van der Waals surface area contributed by atoms with Gasteiger partial charge in [0.15, 0.2) is 0 Å². The van der Waals surface area contributed by atoms with E-state index in [0.717, 1.165) is 26.1 Å². The fraction of sp³-hybridized carbons (Fsp3) is 0.875. The van der Waals surface area contributed by atoms with Crippen molar-refractivity contribution in [2.24, 2.45) is 0 Å². The molecule has 0 unspecified atom stereocenters. The van der Waals surface area contributed by atoms with Gasteiger partial charge in [0, 0.05) is 0 Å². The maximum atomic E-state index is 5.51. The topological polar surface area (TPSA) is 18.5 Å². The SMILES string of the molecule is CC[CH]OC1(CC)COC1. The van der Waals surface area contributed by atoms with Gasteiger partial charge in [0.05, 0.1) is 19.8 Å². The standard InChI is InChI=1S/C8H15O2/c1-3-5-10-8(4-2)6-9-7-8/h5H,3-4,6-7H2,1-2H3. The highest BCUT2D eigenvalue weighted by Crippen LogP contribution is 2.26. The Morgan fingerprint density at radius 1 is 1.50 bits per heavy atom. The highest BCUT2D eigenvalue weighted by atomic mass is 16.6. The minimum atomic E-state index is 0.0377. The van der Waals surface area contributed by atoms with Crippen LogP contribution in [0.3, 0.4) is 0 Å². The van der Waals surface area contributed by atoms with Crippen LogP contribution in [0.5, 0.6) is 0 Å². The van der Waals surface area contributed by atoms with Crippen LogP contribution in [-0.4, -0.2) is 18.8 Å². The van der Waals surface area contributed by atoms with Crippen LogP contribution in [0.2, 0.25) is 0 Å². The lowest BCUT2D eigenvalue weighted by molar-refractivity contribution is -0.194. The largest absolute Gasteiger partial charge is 0.375 e. The van der Waals surface area contributed by atoms with Gasteiger partial charge in [0.1, 0.15) is 5.60 Å². The van der Waals surface area contributed by atoms with Crippen LogP contribution in [0.4, 0.5) is 0 Å². The molecule has 0 aromatic heterocycles. The van der Waals surface area contributed by atoms with Crippen LogP contribution >= 0.6 is 0 Å². The van der Waals surface area contributed by atoms with Gasteiger partial charge >= 0.3 is 0 Å². The third-order valence-electron chi connectivity index (χ3n) is 1.87. The minimum absolute atomic E-state index is 0.0377. The minimum Gasteiger partial charge on any atom is -0.375 e. The lowest BCUT2D eigenvalue weighted by atomic mass is 9.99. The molecule has 1 rings (SSSR count). The molecule has 1 aliphatic rings. The second kappa shape index (κ2) is 3.35. The molecule has 1 aliphatic heterocycles. The van der Waals surface area contributed by atoms with E-state index < -0.39 is 0 Å². The van der Waals surface area contributed by atoms with Crippen LogP contribution < -0.4 is 0 Å². The van der Waals surface area contributed by atoms with Crippen molar-refractivity contribution in [1.82, 2.24) is 0 Å². The average Bonchev–Trinajstić information content (AvgIpc) is 1.87. The van der Waals surface area contributed by atoms with E-state index in [0.29, 0.717) is 0 Å². The van der Waals surface area contributed by atoms with Gasteiger partial charge in [-0.25, -0.2) is 0 Å². The van der Waals surface area contributed by atoms with Crippen molar-refractivity contribution < 1.29 is 9.47 Å². The van der Waals surface area contributed by atoms with Crippen molar-refractivity contribution in [3.8, 4) is 0 Å². The zero-order valence-corrected chi connectivity index (χ0v) is 6.72. The average molecular weight is 143 g/mol. The van der Waals surface area contributed by atoms with Gasteiger partial charge < -0.3 is 9.47 Å². The molecule has 0 bridgehead atoms. The van der Waals surface area contributed by atoms with Crippen molar-refractivity contribution >= 4 is 0 Å². The van der Waals surface area contributed by atoms with Crippen LogP contribution in [-0.2, 0) is 9.47 Å². The molecule has 10 heavy (non-hydrogen) atoms. The highest BCUT2D eigenvalue weighted by Gasteiger charge is 2.37. The third kappa shape index (κ3) is 1.50. The van der Waals surface area contributed by atoms with Crippen LogP contribution in [0.25, 0.3) is 0 Å². The first-order valence-corrected chi connectivity index (χ1v) is 3.90. The molecule has 0 aliphatic carbocycles. The predicted molar refractivity (Wildman–Crippen MR) is 39.5 cm³/mol. The summed E-state index contributed by atoms with van der Waals surface area (Å²) in [7, 11) is 0. The fourth-order valence-electron chi connectivity index (χ4n) is 0.945. The molecule has 0 aromatic carbocycles. The molecule has 0 N–H and O–H groups in total. The Kier molecular flexibility index (Phi) is 2.69. The monoisotopic (exact) mass is 143 g/mol. The van der Waals surface area contributed by atoms with Gasteiger partial charge in [-0.05, 0) is 12.8 Å². The molecule has 0 aromatic rings. The van der Waals surface area contributed by atoms with Crippen molar-refractivity contribution in [3.63, 3.8) is 0 Å². The van der Waals surface area contributed by atoms with Crippen LogP contribution in [0.1, 0.15) is 26.7 Å². The smallest absolute Gasteiger partial charge is 0.115 e. The van der Waals surface area contributed by atoms with Crippen molar-refractivity contribution in [2.75, 3.05) is 13.2 Å². The zero-order chi connectivity index (χ0) is 7.45. The van der Waals surface area contributed by atoms with Crippen LogP contribution in [0.15, 0.2) is 0 Å². The fourth-order valence-corrected chi connectivity index (χ4v) is 0.945. The molecule has 1 radical (unpaired) electrons. The van der Waals surface area contributed by atoms with E-state index >= 15 is 0 Å². The second-order valence-electron chi connectivity index (χ2n) is 2.72. The molecule has 59 valence electrons. The maximum Gasteiger partial charge on any atom is 0.115 e. The summed E-state index contributed by atoms with van der Waals surface area (Å²) in [5.41, 5.74) is 0.0377. The molecular weight excluding hydrogens is 128 g/mol. The molecular formula is C8H15O2. The van der Waals surface area contributed by atoms with E-state index in [1.807, 2.05) is 6.61 Å². The van der Waals surface area contributed by atoms with Crippen molar-refractivity contribution in [1.29, 1.82) is 0 Å². The lowest BCUT2D eigenvalue weighted by Crippen LogP contribution is -2.50. The summed E-state index contributed by atoms with van der Waals surface area (Å²) < 4.78 is 10.6. The van der Waals surface area contributed by atoms with Crippen molar-refractivity contribution in [3.05, 3.63) is 6.61 Å². The first kappa shape index (κ1) is 8.02. The molecule has 1 heterocycles. The summed E-state index contributed by atoms with van der Waals surface area (Å²) >= 11 is 0. The molecule has 2 heteroatoms. The van der Waals surface area contributed by atoms with Gasteiger partial charge in [-0.2, -0.15) is 0 Å². The Morgan fingerprint density at radius 2 is 2.20 bits per heavy atom. The van der Waals surface area contributed by atoms with Gasteiger partial charge in [-0.15, -0.1) is 0 Å². The Morgan fingerprint density at radius 3 is 2.50 bits per heavy atom. The quantitative estimate of drug-likeness (QED) is 0.597. The van der Waals surface area contributed by atoms with E-state index in [9.17, 15) is 0 Å². The molecule has 1 saturated heterocycles. The summed E-state index contributed by atoms with van der Waals surface area (Å²) in [4.78, 5) is 0. The molecule has 1 fully saturated rings. The highest BCUT2D eigenvalue weighted by molar-refractivity contribution is 4.87. The third-order valence-corrected chi connectivity index (χ3v) is 1.87. The van der Waals surface area contributed by atoms with Crippen molar-refractivity contribution in [2.45, 2.75) is 32.3 Å². The van der Waals surface area contributed by atoms with Crippen LogP contribution in [0, 0.1) is 6.61 Å². The first-order chi connectivity index (χ1) is 4.83. The molecule has 2 nitrogen and oxygen atoms in total. The van der Waals surface area contributed by atoms with E-state index in [2.05, 4.69) is 13.8 Å². The number of hydrogen-bond donors (Lipinski definition) is 0. The van der Waals surface area contributed by atoms with Gasteiger partial charge in [-0.1, -0.05) is 13.8 Å². The number of hydrogen-bond acceptors (Lipinski definition) is 2. The second-order valence-corrected chi connectivity index (χ2v) is 2.72. The first-order valence-electron chi connectivity index (χ1n) is 3.90. The molecule has 0 amide bonds. The van der Waals surface area contributed by atoms with E-state index in [1.165, 1.54) is 0 Å². The zero-order valence-electron chi connectivity index (χ0n) is 6.72. The molecule has 0 spiro atoms. The Balaban J connectivity index is 2.20. The summed E-state index contributed by atoms with van der Waals surface area (Å²) in [6.07, 6.45) is 2.02. The van der Waals surface area contributed by atoms with E-state index in [4.69, 9.17) is 9.47 Å². The summed E-state index contributed by atoms with van der Waals surface area (Å²) in [6.45, 7) is 7.60. The van der Waals surface area contributed by atoms with E-state index in [-0.39, 0.29) is 5.60 Å². The molecule has 0 atom stereocenters. The Bertz CT molecular complexity index is 91.9. The van der Waals surface area contributed by atoms with Gasteiger partial charge in [0.25, 0.3) is 0 Å². The summed E-state index contributed by atoms with van der Waals surface area (Å²) in [5, 5.41) is 0. The lowest BCUT2D eigenvalue weighted by Gasteiger charge is -2.40. The summed E-state index contributed by atoms with van der Waals surface area (Å²) in [6, 6.07) is 0. The van der Waals surface area contributed by atoms with E-state index in [1.54, 1.807) is 0 Å².